The van der Waals surface area contributed by atoms with Crippen molar-refractivity contribution in [1.29, 1.82) is 0 Å². The molecule has 5 rings (SSSR count). The second-order valence-electron chi connectivity index (χ2n) is 7.87. The summed E-state index contributed by atoms with van der Waals surface area (Å²) in [5.41, 5.74) is 9.89. The zero-order valence-corrected chi connectivity index (χ0v) is 15.6. The van der Waals surface area contributed by atoms with Crippen molar-refractivity contribution in [2.45, 2.75) is 38.8 Å². The lowest BCUT2D eigenvalue weighted by atomic mass is 10.1. The number of hydrogen-bond donors (Lipinski definition) is 1. The predicted molar refractivity (Wildman–Crippen MR) is 105 cm³/mol. The third kappa shape index (κ3) is 3.35. The summed E-state index contributed by atoms with van der Waals surface area (Å²) >= 11 is 0. The van der Waals surface area contributed by atoms with Gasteiger partial charge in [0.2, 0.25) is 0 Å². The molecule has 2 N–H and O–H groups in total. The first kappa shape index (κ1) is 16.5. The van der Waals surface area contributed by atoms with Crippen molar-refractivity contribution in [3.8, 4) is 11.4 Å². The molecular weight excluding hydrogens is 336 g/mol. The molecule has 5 heteroatoms. The van der Waals surface area contributed by atoms with E-state index in [1.165, 1.54) is 12.0 Å². The van der Waals surface area contributed by atoms with Crippen molar-refractivity contribution in [3.05, 3.63) is 65.4 Å². The van der Waals surface area contributed by atoms with Crippen molar-refractivity contribution in [3.63, 3.8) is 0 Å². The molecule has 1 saturated carbocycles. The van der Waals surface area contributed by atoms with Crippen LogP contribution in [0.5, 0.6) is 0 Å². The molecule has 0 amide bonds. The van der Waals surface area contributed by atoms with E-state index in [0.29, 0.717) is 5.92 Å². The third-order valence-corrected chi connectivity index (χ3v) is 5.72. The Bertz CT molecular complexity index is 963. The number of rotatable bonds is 4. The van der Waals surface area contributed by atoms with E-state index < -0.39 is 0 Å². The number of benzene rings is 1. The third-order valence-electron chi connectivity index (χ3n) is 5.72. The Hall–Kier alpha value is -2.66. The van der Waals surface area contributed by atoms with Gasteiger partial charge in [-0.3, -0.25) is 4.90 Å². The highest BCUT2D eigenvalue weighted by Gasteiger charge is 2.36. The SMILES string of the molecule is CC1CC1c1ccc(CN2CCc3nc(-c4ccc(N)cc4)ncc3C2)o1. The van der Waals surface area contributed by atoms with Gasteiger partial charge >= 0.3 is 0 Å². The molecule has 2 atom stereocenters. The van der Waals surface area contributed by atoms with Gasteiger partial charge in [-0.1, -0.05) is 6.92 Å². The molecule has 0 bridgehead atoms. The van der Waals surface area contributed by atoms with Gasteiger partial charge in [0.15, 0.2) is 5.82 Å². The normalized spacial score (nSPS) is 21.8. The van der Waals surface area contributed by atoms with E-state index in [1.54, 1.807) is 0 Å². The monoisotopic (exact) mass is 360 g/mol. The van der Waals surface area contributed by atoms with E-state index in [0.717, 1.165) is 66.3 Å². The zero-order valence-electron chi connectivity index (χ0n) is 15.6. The number of aromatic nitrogens is 2. The van der Waals surface area contributed by atoms with E-state index in [1.807, 2.05) is 30.5 Å². The van der Waals surface area contributed by atoms with E-state index in [4.69, 9.17) is 15.1 Å². The lowest BCUT2D eigenvalue weighted by Gasteiger charge is -2.27. The lowest BCUT2D eigenvalue weighted by Crippen LogP contribution is -2.30. The highest BCUT2D eigenvalue weighted by Crippen LogP contribution is 2.47. The number of nitrogen functional groups attached to an aromatic ring is 1. The second kappa shape index (κ2) is 6.50. The number of anilines is 1. The molecule has 5 nitrogen and oxygen atoms in total. The average molecular weight is 360 g/mol. The van der Waals surface area contributed by atoms with Gasteiger partial charge in [0.05, 0.1) is 12.2 Å². The largest absolute Gasteiger partial charge is 0.464 e. The van der Waals surface area contributed by atoms with Crippen LogP contribution in [0.2, 0.25) is 0 Å². The smallest absolute Gasteiger partial charge is 0.159 e. The lowest BCUT2D eigenvalue weighted by molar-refractivity contribution is 0.221. The van der Waals surface area contributed by atoms with E-state index in [9.17, 15) is 0 Å². The Kier molecular flexibility index (Phi) is 3.97. The Morgan fingerprint density at radius 3 is 2.78 bits per heavy atom. The molecule has 3 aromatic rings. The van der Waals surface area contributed by atoms with Crippen molar-refractivity contribution >= 4 is 5.69 Å². The van der Waals surface area contributed by atoms with Crippen LogP contribution in [0.15, 0.2) is 47.0 Å². The summed E-state index contributed by atoms with van der Waals surface area (Å²) in [6.45, 7) is 4.99. The second-order valence-corrected chi connectivity index (χ2v) is 7.87. The van der Waals surface area contributed by atoms with Crippen LogP contribution in [0, 0.1) is 5.92 Å². The van der Waals surface area contributed by atoms with Gasteiger partial charge in [-0.25, -0.2) is 9.97 Å². The molecular formula is C22H24N4O. The average Bonchev–Trinajstić information content (AvgIpc) is 3.23. The van der Waals surface area contributed by atoms with E-state index in [2.05, 4.69) is 28.9 Å². The van der Waals surface area contributed by atoms with Crippen LogP contribution < -0.4 is 5.73 Å². The van der Waals surface area contributed by atoms with Crippen LogP contribution >= 0.6 is 0 Å². The van der Waals surface area contributed by atoms with Crippen LogP contribution in [0.4, 0.5) is 5.69 Å². The molecule has 0 spiro atoms. The molecule has 0 saturated heterocycles. The van der Waals surface area contributed by atoms with Crippen LogP contribution in [-0.2, 0) is 19.5 Å². The maximum atomic E-state index is 6.07. The maximum Gasteiger partial charge on any atom is 0.159 e. The van der Waals surface area contributed by atoms with Gasteiger partial charge in [-0.2, -0.15) is 0 Å². The quantitative estimate of drug-likeness (QED) is 0.712. The molecule has 0 radical (unpaired) electrons. The molecule has 27 heavy (non-hydrogen) atoms. The highest BCUT2D eigenvalue weighted by molar-refractivity contribution is 5.58. The minimum Gasteiger partial charge on any atom is -0.464 e. The maximum absolute atomic E-state index is 6.07. The van der Waals surface area contributed by atoms with Crippen molar-refractivity contribution < 1.29 is 4.42 Å². The van der Waals surface area contributed by atoms with Gasteiger partial charge in [0, 0.05) is 48.4 Å². The Morgan fingerprint density at radius 2 is 2.00 bits per heavy atom. The van der Waals surface area contributed by atoms with E-state index >= 15 is 0 Å². The first-order valence-corrected chi connectivity index (χ1v) is 9.67. The highest BCUT2D eigenvalue weighted by atomic mass is 16.3. The summed E-state index contributed by atoms with van der Waals surface area (Å²) in [5, 5.41) is 0. The Labute approximate surface area is 159 Å². The van der Waals surface area contributed by atoms with Crippen molar-refractivity contribution in [2.75, 3.05) is 12.3 Å². The standard InChI is InChI=1S/C22H24N4O/c1-14-10-19(14)21-7-6-18(27-21)13-26-9-8-20-16(12-26)11-24-22(25-20)15-2-4-17(23)5-3-15/h2-7,11,14,19H,8-10,12-13,23H2,1H3. The summed E-state index contributed by atoms with van der Waals surface area (Å²) in [7, 11) is 0. The number of furan rings is 1. The summed E-state index contributed by atoms with van der Waals surface area (Å²) < 4.78 is 6.07. The molecule has 2 aromatic heterocycles. The Balaban J connectivity index is 1.28. The van der Waals surface area contributed by atoms with Crippen LogP contribution in [0.1, 0.15) is 42.0 Å². The van der Waals surface area contributed by atoms with Gasteiger partial charge in [0.1, 0.15) is 11.5 Å². The number of nitrogens with two attached hydrogens (primary N) is 1. The molecule has 1 fully saturated rings. The van der Waals surface area contributed by atoms with Gasteiger partial charge < -0.3 is 10.2 Å². The van der Waals surface area contributed by atoms with Crippen LogP contribution in [-0.4, -0.2) is 21.4 Å². The topological polar surface area (TPSA) is 68.2 Å². The number of fused-ring (bicyclic) bond motifs is 1. The number of nitrogens with zero attached hydrogens (tertiary/aromatic N) is 3. The molecule has 1 aromatic carbocycles. The van der Waals surface area contributed by atoms with Gasteiger partial charge in [0.25, 0.3) is 0 Å². The fourth-order valence-corrected chi connectivity index (χ4v) is 3.90. The molecule has 1 aliphatic heterocycles. The van der Waals surface area contributed by atoms with E-state index in [-0.39, 0.29) is 0 Å². The minimum absolute atomic E-state index is 0.640. The fraction of sp³-hybridized carbons (Fsp3) is 0.364. The summed E-state index contributed by atoms with van der Waals surface area (Å²) in [4.78, 5) is 11.8. The molecule has 2 unspecified atom stereocenters. The summed E-state index contributed by atoms with van der Waals surface area (Å²) in [6, 6.07) is 12.0. The molecule has 3 heterocycles. The van der Waals surface area contributed by atoms with Crippen LogP contribution in [0.3, 0.4) is 0 Å². The van der Waals surface area contributed by atoms with Crippen LogP contribution in [0.25, 0.3) is 11.4 Å². The minimum atomic E-state index is 0.640. The fourth-order valence-electron chi connectivity index (χ4n) is 3.90. The first-order chi connectivity index (χ1) is 13.2. The summed E-state index contributed by atoms with van der Waals surface area (Å²) in [5.74, 6) is 4.41. The first-order valence-electron chi connectivity index (χ1n) is 9.67. The van der Waals surface area contributed by atoms with Gasteiger partial charge in [-0.15, -0.1) is 0 Å². The zero-order chi connectivity index (χ0) is 18.4. The predicted octanol–water partition coefficient (Wildman–Crippen LogP) is 4.00. The Morgan fingerprint density at radius 1 is 1.19 bits per heavy atom. The summed E-state index contributed by atoms with van der Waals surface area (Å²) in [6.07, 6.45) is 4.17. The van der Waals surface area contributed by atoms with Crippen molar-refractivity contribution in [1.82, 2.24) is 14.9 Å². The molecule has 2 aliphatic rings. The van der Waals surface area contributed by atoms with Gasteiger partial charge in [-0.05, 0) is 48.7 Å². The van der Waals surface area contributed by atoms with Crippen molar-refractivity contribution in [2.24, 2.45) is 5.92 Å². The molecule has 138 valence electrons. The molecule has 1 aliphatic carbocycles. The number of hydrogen-bond acceptors (Lipinski definition) is 5.